The molecule has 1 atom stereocenters. The highest BCUT2D eigenvalue weighted by molar-refractivity contribution is 5.84. The summed E-state index contributed by atoms with van der Waals surface area (Å²) in [5.41, 5.74) is 8.32. The summed E-state index contributed by atoms with van der Waals surface area (Å²) < 4.78 is 5.41. The van der Waals surface area contributed by atoms with Crippen molar-refractivity contribution in [1.29, 1.82) is 0 Å². The van der Waals surface area contributed by atoms with E-state index in [-0.39, 0.29) is 12.6 Å². The number of benzene rings is 2. The lowest BCUT2D eigenvalue weighted by molar-refractivity contribution is -0.152. The van der Waals surface area contributed by atoms with Crippen molar-refractivity contribution >= 4 is 5.97 Å². The lowest BCUT2D eigenvalue weighted by Crippen LogP contribution is -2.44. The number of aryl methyl sites for hydroxylation is 1. The molecule has 1 aliphatic rings. The monoisotopic (exact) mass is 267 g/mol. The van der Waals surface area contributed by atoms with E-state index in [0.717, 1.165) is 23.1 Å². The summed E-state index contributed by atoms with van der Waals surface area (Å²) in [5, 5.41) is 0. The second-order valence-corrected chi connectivity index (χ2v) is 5.19. The largest absolute Gasteiger partial charge is 0.459 e. The van der Waals surface area contributed by atoms with E-state index in [1.807, 2.05) is 54.6 Å². The highest BCUT2D eigenvalue weighted by atomic mass is 16.5. The molecule has 2 aromatic rings. The van der Waals surface area contributed by atoms with Crippen molar-refractivity contribution in [3.8, 4) is 0 Å². The van der Waals surface area contributed by atoms with E-state index >= 15 is 0 Å². The third-order valence-electron chi connectivity index (χ3n) is 3.86. The molecule has 0 saturated carbocycles. The Morgan fingerprint density at radius 1 is 1.10 bits per heavy atom. The van der Waals surface area contributed by atoms with Gasteiger partial charge in [0.25, 0.3) is 0 Å². The Hall–Kier alpha value is -2.13. The number of nitrogens with two attached hydrogens (primary N) is 1. The summed E-state index contributed by atoms with van der Waals surface area (Å²) in [6, 6.07) is 17.5. The van der Waals surface area contributed by atoms with Gasteiger partial charge in [0.05, 0.1) is 0 Å². The molecule has 0 spiro atoms. The molecule has 0 radical (unpaired) electrons. The third kappa shape index (κ3) is 2.21. The van der Waals surface area contributed by atoms with Crippen LogP contribution >= 0.6 is 0 Å². The minimum atomic E-state index is -0.995. The summed E-state index contributed by atoms with van der Waals surface area (Å²) in [6.07, 6.45) is 1.44. The SMILES string of the molecule is NC1(C(=O)OCc2ccccc2)CCc2ccccc21. The summed E-state index contributed by atoms with van der Waals surface area (Å²) in [7, 11) is 0. The number of hydrogen-bond acceptors (Lipinski definition) is 3. The van der Waals surface area contributed by atoms with Gasteiger partial charge in [0.15, 0.2) is 0 Å². The predicted molar refractivity (Wildman–Crippen MR) is 76.9 cm³/mol. The van der Waals surface area contributed by atoms with E-state index in [1.165, 1.54) is 0 Å². The number of carbonyl (C=O) groups is 1. The average Bonchev–Trinajstić information content (AvgIpc) is 2.85. The number of hydrogen-bond donors (Lipinski definition) is 1. The topological polar surface area (TPSA) is 52.3 Å². The van der Waals surface area contributed by atoms with Gasteiger partial charge in [0, 0.05) is 0 Å². The van der Waals surface area contributed by atoms with Gasteiger partial charge >= 0.3 is 5.97 Å². The minimum absolute atomic E-state index is 0.265. The van der Waals surface area contributed by atoms with Crippen LogP contribution in [0.5, 0.6) is 0 Å². The zero-order chi connectivity index (χ0) is 14.0. The van der Waals surface area contributed by atoms with Crippen LogP contribution in [0.2, 0.25) is 0 Å². The Bertz CT molecular complexity index is 624. The Morgan fingerprint density at radius 3 is 2.60 bits per heavy atom. The molecular formula is C17H17NO2. The van der Waals surface area contributed by atoms with Crippen molar-refractivity contribution in [3.63, 3.8) is 0 Å². The first kappa shape index (κ1) is 12.9. The molecule has 1 aliphatic carbocycles. The van der Waals surface area contributed by atoms with Crippen molar-refractivity contribution in [2.24, 2.45) is 5.73 Å². The maximum Gasteiger partial charge on any atom is 0.331 e. The van der Waals surface area contributed by atoms with E-state index < -0.39 is 5.54 Å². The summed E-state index contributed by atoms with van der Waals surface area (Å²) >= 11 is 0. The van der Waals surface area contributed by atoms with Gasteiger partial charge in [-0.05, 0) is 29.5 Å². The van der Waals surface area contributed by atoms with E-state index in [0.29, 0.717) is 6.42 Å². The van der Waals surface area contributed by atoms with Crippen molar-refractivity contribution in [1.82, 2.24) is 0 Å². The van der Waals surface area contributed by atoms with Gasteiger partial charge < -0.3 is 10.5 Å². The molecule has 1 unspecified atom stereocenters. The lowest BCUT2D eigenvalue weighted by atomic mass is 9.93. The number of esters is 1. The van der Waals surface area contributed by atoms with Crippen molar-refractivity contribution in [2.75, 3.05) is 0 Å². The number of fused-ring (bicyclic) bond motifs is 1. The number of carbonyl (C=O) groups excluding carboxylic acids is 1. The predicted octanol–water partition coefficient (Wildman–Crippen LogP) is 2.53. The first-order valence-corrected chi connectivity index (χ1v) is 6.78. The molecule has 3 heteroatoms. The molecule has 3 rings (SSSR count). The van der Waals surface area contributed by atoms with E-state index in [2.05, 4.69) is 0 Å². The molecule has 2 N–H and O–H groups in total. The quantitative estimate of drug-likeness (QED) is 0.869. The molecule has 0 bridgehead atoms. The van der Waals surface area contributed by atoms with Crippen molar-refractivity contribution < 1.29 is 9.53 Å². The number of rotatable bonds is 3. The second kappa shape index (κ2) is 5.10. The van der Waals surface area contributed by atoms with Crippen LogP contribution in [-0.2, 0) is 28.1 Å². The molecule has 0 aliphatic heterocycles. The highest BCUT2D eigenvalue weighted by Gasteiger charge is 2.42. The normalized spacial score (nSPS) is 20.4. The van der Waals surface area contributed by atoms with Crippen LogP contribution in [0.1, 0.15) is 23.1 Å². The minimum Gasteiger partial charge on any atom is -0.459 e. The van der Waals surface area contributed by atoms with E-state index in [9.17, 15) is 4.79 Å². The molecule has 3 nitrogen and oxygen atoms in total. The second-order valence-electron chi connectivity index (χ2n) is 5.19. The molecule has 0 amide bonds. The fourth-order valence-corrected chi connectivity index (χ4v) is 2.70. The average molecular weight is 267 g/mol. The summed E-state index contributed by atoms with van der Waals surface area (Å²) in [5.74, 6) is -0.341. The third-order valence-corrected chi connectivity index (χ3v) is 3.86. The van der Waals surface area contributed by atoms with Crippen LogP contribution in [0.25, 0.3) is 0 Å². The lowest BCUT2D eigenvalue weighted by Gasteiger charge is -2.23. The van der Waals surface area contributed by atoms with Crippen LogP contribution in [0.4, 0.5) is 0 Å². The van der Waals surface area contributed by atoms with Gasteiger partial charge in [-0.1, -0.05) is 54.6 Å². The van der Waals surface area contributed by atoms with Crippen LogP contribution in [0.3, 0.4) is 0 Å². The summed E-state index contributed by atoms with van der Waals surface area (Å²) in [6.45, 7) is 0.265. The van der Waals surface area contributed by atoms with Crippen LogP contribution in [-0.4, -0.2) is 5.97 Å². The van der Waals surface area contributed by atoms with Gasteiger partial charge in [-0.15, -0.1) is 0 Å². The molecule has 0 heterocycles. The van der Waals surface area contributed by atoms with Crippen LogP contribution in [0.15, 0.2) is 54.6 Å². The molecule has 0 aromatic heterocycles. The van der Waals surface area contributed by atoms with Crippen LogP contribution in [0, 0.1) is 0 Å². The summed E-state index contributed by atoms with van der Waals surface area (Å²) in [4.78, 5) is 12.4. The zero-order valence-corrected chi connectivity index (χ0v) is 11.2. The number of ether oxygens (including phenoxy) is 1. The first-order chi connectivity index (χ1) is 9.70. The Labute approximate surface area is 118 Å². The van der Waals surface area contributed by atoms with Gasteiger partial charge in [-0.2, -0.15) is 0 Å². The first-order valence-electron chi connectivity index (χ1n) is 6.78. The molecule has 102 valence electrons. The smallest absolute Gasteiger partial charge is 0.331 e. The van der Waals surface area contributed by atoms with E-state index in [1.54, 1.807) is 0 Å². The van der Waals surface area contributed by atoms with Gasteiger partial charge in [0.2, 0.25) is 0 Å². The molecule has 0 saturated heterocycles. The van der Waals surface area contributed by atoms with Gasteiger partial charge in [-0.25, -0.2) is 4.79 Å². The van der Waals surface area contributed by atoms with Crippen LogP contribution < -0.4 is 5.73 Å². The van der Waals surface area contributed by atoms with Crippen molar-refractivity contribution in [3.05, 3.63) is 71.3 Å². The highest BCUT2D eigenvalue weighted by Crippen LogP contribution is 2.35. The maximum absolute atomic E-state index is 12.4. The fourth-order valence-electron chi connectivity index (χ4n) is 2.70. The standard InChI is InChI=1S/C17H17NO2/c18-17(11-10-14-8-4-5-9-15(14)17)16(19)20-12-13-6-2-1-3-7-13/h1-9H,10-12,18H2. The fraction of sp³-hybridized carbons (Fsp3) is 0.235. The molecule has 0 fully saturated rings. The zero-order valence-electron chi connectivity index (χ0n) is 11.2. The van der Waals surface area contributed by atoms with Gasteiger partial charge in [0.1, 0.15) is 12.1 Å². The molecular weight excluding hydrogens is 250 g/mol. The Kier molecular flexibility index (Phi) is 3.28. The molecule has 2 aromatic carbocycles. The van der Waals surface area contributed by atoms with Gasteiger partial charge in [-0.3, -0.25) is 0 Å². The Balaban J connectivity index is 1.75. The maximum atomic E-state index is 12.4. The van der Waals surface area contributed by atoms with Crippen molar-refractivity contribution in [2.45, 2.75) is 25.0 Å². The van der Waals surface area contributed by atoms with E-state index in [4.69, 9.17) is 10.5 Å². The Morgan fingerprint density at radius 2 is 1.80 bits per heavy atom. The molecule has 20 heavy (non-hydrogen) atoms.